The largest absolute Gasteiger partial charge is 0.379 e. The number of amides is 1. The molecule has 1 aromatic rings. The Morgan fingerprint density at radius 2 is 1.61 bits per heavy atom. The Hall–Kier alpha value is -2.07. The molecule has 0 aromatic heterocycles. The van der Waals surface area contributed by atoms with Crippen molar-refractivity contribution >= 4 is 27.5 Å². The van der Waals surface area contributed by atoms with Gasteiger partial charge in [0.1, 0.15) is 0 Å². The van der Waals surface area contributed by atoms with Gasteiger partial charge in [-0.25, -0.2) is 0 Å². The van der Waals surface area contributed by atoms with Crippen molar-refractivity contribution in [3.05, 3.63) is 41.5 Å². The monoisotopic (exact) mass is 447 g/mol. The summed E-state index contributed by atoms with van der Waals surface area (Å²) in [6, 6.07) is 9.74. The highest BCUT2D eigenvalue weighted by atomic mass is 32.2. The van der Waals surface area contributed by atoms with Gasteiger partial charge in [-0.1, -0.05) is 30.3 Å². The van der Waals surface area contributed by atoms with Gasteiger partial charge in [0.25, 0.3) is 10.2 Å². The molecule has 31 heavy (non-hydrogen) atoms. The van der Waals surface area contributed by atoms with Gasteiger partial charge in [-0.2, -0.15) is 17.0 Å². The fraction of sp³-hybridized carbons (Fsp3) is 0.545. The third kappa shape index (κ3) is 4.90. The summed E-state index contributed by atoms with van der Waals surface area (Å²) >= 11 is 0. The average Bonchev–Trinajstić information content (AvgIpc) is 2.99. The fourth-order valence-electron chi connectivity index (χ4n) is 4.45. The van der Waals surface area contributed by atoms with E-state index in [-0.39, 0.29) is 24.7 Å². The first-order valence-electron chi connectivity index (χ1n) is 10.9. The van der Waals surface area contributed by atoms with E-state index in [4.69, 9.17) is 4.74 Å². The van der Waals surface area contributed by atoms with E-state index < -0.39 is 10.2 Å². The van der Waals surface area contributed by atoms with E-state index in [0.717, 1.165) is 11.1 Å². The van der Waals surface area contributed by atoms with Crippen LogP contribution in [-0.2, 0) is 24.5 Å². The Kier molecular flexibility index (Phi) is 6.86. The van der Waals surface area contributed by atoms with Crippen molar-refractivity contribution in [2.24, 2.45) is 0 Å². The van der Waals surface area contributed by atoms with Crippen molar-refractivity contribution in [3.63, 3.8) is 0 Å². The van der Waals surface area contributed by atoms with E-state index in [0.29, 0.717) is 70.8 Å². The number of nitrogens with zero attached hydrogens (tertiary/aromatic N) is 3. The van der Waals surface area contributed by atoms with Crippen LogP contribution in [0.5, 0.6) is 0 Å². The quantitative estimate of drug-likeness (QED) is 0.679. The van der Waals surface area contributed by atoms with E-state index in [9.17, 15) is 18.0 Å². The summed E-state index contributed by atoms with van der Waals surface area (Å²) in [4.78, 5) is 27.2. The van der Waals surface area contributed by atoms with Crippen molar-refractivity contribution < 1.29 is 22.7 Å². The third-order valence-electron chi connectivity index (χ3n) is 6.18. The number of carbonyl (C=O) groups is 2. The molecule has 2 fully saturated rings. The van der Waals surface area contributed by atoms with Crippen LogP contribution in [0.25, 0.3) is 5.57 Å². The summed E-state index contributed by atoms with van der Waals surface area (Å²) in [5.41, 5.74) is 2.57. The smallest absolute Gasteiger partial charge is 0.282 e. The molecule has 8 nitrogen and oxygen atoms in total. The molecule has 9 heteroatoms. The molecule has 2 saturated heterocycles. The van der Waals surface area contributed by atoms with Crippen molar-refractivity contribution in [2.75, 3.05) is 52.5 Å². The van der Waals surface area contributed by atoms with E-state index in [2.05, 4.69) is 0 Å². The van der Waals surface area contributed by atoms with Crippen LogP contribution in [0, 0.1) is 0 Å². The Morgan fingerprint density at radius 1 is 0.903 bits per heavy atom. The maximum absolute atomic E-state index is 13.0. The van der Waals surface area contributed by atoms with Crippen LogP contribution in [0.4, 0.5) is 0 Å². The summed E-state index contributed by atoms with van der Waals surface area (Å²) in [7, 11) is -3.55. The van der Waals surface area contributed by atoms with Gasteiger partial charge in [-0.05, 0) is 24.0 Å². The first-order valence-corrected chi connectivity index (χ1v) is 12.3. The van der Waals surface area contributed by atoms with Gasteiger partial charge in [0.15, 0.2) is 5.78 Å². The van der Waals surface area contributed by atoms with Crippen molar-refractivity contribution in [1.82, 2.24) is 13.5 Å². The zero-order valence-electron chi connectivity index (χ0n) is 17.7. The molecular formula is C22H29N3O5S. The summed E-state index contributed by atoms with van der Waals surface area (Å²) < 4.78 is 34.1. The van der Waals surface area contributed by atoms with Gasteiger partial charge in [0.05, 0.1) is 19.6 Å². The van der Waals surface area contributed by atoms with Gasteiger partial charge >= 0.3 is 0 Å². The topological polar surface area (TPSA) is 87.2 Å². The Labute approximate surface area is 183 Å². The molecule has 0 radical (unpaired) electrons. The third-order valence-corrected chi connectivity index (χ3v) is 8.22. The molecule has 0 unspecified atom stereocenters. The van der Waals surface area contributed by atoms with Crippen LogP contribution < -0.4 is 0 Å². The standard InChI is InChI=1S/C22H29N3O5S/c26-21-8-7-19(18-5-2-1-3-6-18)20(21)17-22(27)23-9-4-10-24(12-11-23)31(28,29)25-13-15-30-16-14-25/h1-3,5-6H,4,7-17H2. The number of ether oxygens (including phenoxy) is 1. The molecular weight excluding hydrogens is 418 g/mol. The zero-order valence-corrected chi connectivity index (χ0v) is 18.5. The van der Waals surface area contributed by atoms with E-state index >= 15 is 0 Å². The number of hydrogen-bond donors (Lipinski definition) is 0. The molecule has 0 saturated carbocycles. The Bertz CT molecular complexity index is 955. The van der Waals surface area contributed by atoms with E-state index in [1.54, 1.807) is 4.90 Å². The minimum absolute atomic E-state index is 0.0403. The summed E-state index contributed by atoms with van der Waals surface area (Å²) in [6.07, 6.45) is 1.77. The van der Waals surface area contributed by atoms with Gasteiger partial charge < -0.3 is 9.64 Å². The number of hydrogen-bond acceptors (Lipinski definition) is 5. The molecule has 0 spiro atoms. The maximum Gasteiger partial charge on any atom is 0.282 e. The second-order valence-electron chi connectivity index (χ2n) is 8.08. The summed E-state index contributed by atoms with van der Waals surface area (Å²) in [5, 5.41) is 0. The highest BCUT2D eigenvalue weighted by Crippen LogP contribution is 2.33. The SMILES string of the molecule is O=C1CCC(c2ccccc2)=C1CC(=O)N1CCCN(S(=O)(=O)N2CCOCC2)CC1. The van der Waals surface area contributed by atoms with Gasteiger partial charge in [-0.3, -0.25) is 9.59 Å². The summed E-state index contributed by atoms with van der Waals surface area (Å²) in [6.45, 7) is 3.03. The number of rotatable bonds is 5. The lowest BCUT2D eigenvalue weighted by molar-refractivity contribution is -0.131. The van der Waals surface area contributed by atoms with Crippen LogP contribution >= 0.6 is 0 Å². The minimum Gasteiger partial charge on any atom is -0.379 e. The molecule has 0 N–H and O–H groups in total. The van der Waals surface area contributed by atoms with Crippen molar-refractivity contribution in [2.45, 2.75) is 25.7 Å². The number of Topliss-reactive ketones (excluding diaryl/α,β-unsaturated/α-hetero) is 1. The first kappa shape index (κ1) is 22.1. The fourth-order valence-corrected chi connectivity index (χ4v) is 6.06. The lowest BCUT2D eigenvalue weighted by atomic mass is 9.99. The van der Waals surface area contributed by atoms with Gasteiger partial charge in [0.2, 0.25) is 5.91 Å². The normalized spacial score (nSPS) is 22.1. The number of carbonyl (C=O) groups excluding carboxylic acids is 2. The predicted molar refractivity (Wildman–Crippen MR) is 116 cm³/mol. The van der Waals surface area contributed by atoms with Crippen LogP contribution in [0.2, 0.25) is 0 Å². The molecule has 4 rings (SSSR count). The highest BCUT2D eigenvalue weighted by Gasteiger charge is 2.33. The average molecular weight is 448 g/mol. The Morgan fingerprint density at radius 3 is 2.35 bits per heavy atom. The lowest BCUT2D eigenvalue weighted by Crippen LogP contribution is -2.49. The van der Waals surface area contributed by atoms with Crippen LogP contribution in [-0.4, -0.2) is 86.1 Å². The molecule has 0 bridgehead atoms. The second kappa shape index (κ2) is 9.60. The molecule has 1 aromatic carbocycles. The van der Waals surface area contributed by atoms with Crippen LogP contribution in [0.3, 0.4) is 0 Å². The van der Waals surface area contributed by atoms with Crippen molar-refractivity contribution in [3.8, 4) is 0 Å². The number of ketones is 1. The van der Waals surface area contributed by atoms with Crippen molar-refractivity contribution in [1.29, 1.82) is 0 Å². The summed E-state index contributed by atoms with van der Waals surface area (Å²) in [5.74, 6) is -0.0668. The van der Waals surface area contributed by atoms with Crippen LogP contribution in [0.15, 0.2) is 35.9 Å². The maximum atomic E-state index is 13.0. The zero-order chi connectivity index (χ0) is 21.8. The van der Waals surface area contributed by atoms with Gasteiger partial charge in [-0.15, -0.1) is 0 Å². The van der Waals surface area contributed by atoms with Gasteiger partial charge in [0, 0.05) is 51.3 Å². The van der Waals surface area contributed by atoms with E-state index in [1.807, 2.05) is 30.3 Å². The highest BCUT2D eigenvalue weighted by molar-refractivity contribution is 7.86. The van der Waals surface area contributed by atoms with Crippen LogP contribution in [0.1, 0.15) is 31.2 Å². The molecule has 168 valence electrons. The molecule has 1 amide bonds. The number of benzene rings is 1. The predicted octanol–water partition coefficient (Wildman–Crippen LogP) is 1.30. The van der Waals surface area contributed by atoms with E-state index in [1.165, 1.54) is 8.61 Å². The number of morpholine rings is 1. The first-order chi connectivity index (χ1) is 15.0. The molecule has 1 aliphatic carbocycles. The molecule has 0 atom stereocenters. The Balaban J connectivity index is 1.42. The molecule has 2 aliphatic heterocycles. The molecule has 2 heterocycles. The number of allylic oxidation sites excluding steroid dienone is 1. The molecule has 3 aliphatic rings. The lowest BCUT2D eigenvalue weighted by Gasteiger charge is -2.31. The second-order valence-corrected chi connectivity index (χ2v) is 10.0. The minimum atomic E-state index is -3.55.